The van der Waals surface area contributed by atoms with E-state index in [2.05, 4.69) is 0 Å². The van der Waals surface area contributed by atoms with Crippen molar-refractivity contribution in [2.75, 3.05) is 0 Å². The molecule has 0 aliphatic heterocycles. The van der Waals surface area contributed by atoms with Gasteiger partial charge in [-0.05, 0) is 0 Å². The normalized spacial score (nSPS) is 7.88. The first-order valence-electron chi connectivity index (χ1n) is 0.987. The van der Waals surface area contributed by atoms with Crippen LogP contribution < -0.4 is 0 Å². The van der Waals surface area contributed by atoms with Crippen molar-refractivity contribution >= 4 is 56.5 Å². The monoisotopic (exact) mass is 446 g/mol. The molecule has 0 bridgehead atoms. The number of hydrogen-bond acceptors (Lipinski definition) is 2. The first-order chi connectivity index (χ1) is 3.00. The quantitative estimate of drug-likeness (QED) is 0.281. The molecule has 0 unspecified atom stereocenters. The van der Waals surface area contributed by atoms with Gasteiger partial charge >= 0.3 is 59.6 Å². The summed E-state index contributed by atoms with van der Waals surface area (Å²) in [5.74, 6) is 0. The third-order valence-corrected chi connectivity index (χ3v) is 0. The summed E-state index contributed by atoms with van der Waals surface area (Å²) in [5, 5.41) is 0. The van der Waals surface area contributed by atoms with Crippen LogP contribution in [0.15, 0.2) is 0 Å². The van der Waals surface area contributed by atoms with Crippen LogP contribution in [0.1, 0.15) is 0 Å². The van der Waals surface area contributed by atoms with Gasteiger partial charge in [-0.1, -0.05) is 0 Å². The molecule has 0 fully saturated rings. The van der Waals surface area contributed by atoms with Gasteiger partial charge in [0.25, 0.3) is 0 Å². The molecule has 0 aliphatic carbocycles. The number of hydrogen-bond donors (Lipinski definition) is 3. The van der Waals surface area contributed by atoms with Gasteiger partial charge in [0.1, 0.15) is 0 Å². The average Bonchev–Trinajstić information content (AvgIpc) is 1.36. The fourth-order valence-electron chi connectivity index (χ4n) is 0. The SMILES string of the molecule is O=P(O)(O)O.[BiH3].[O]=[Sn]. The molecule has 5 nitrogen and oxygen atoms in total. The van der Waals surface area contributed by atoms with Crippen molar-refractivity contribution in [3.63, 3.8) is 0 Å². The van der Waals surface area contributed by atoms with Gasteiger partial charge < -0.3 is 14.7 Å². The Kier molecular flexibility index (Phi) is 17.5. The maximum atomic E-state index is 8.88. The van der Waals surface area contributed by atoms with Gasteiger partial charge in [-0.3, -0.25) is 0 Å². The summed E-state index contributed by atoms with van der Waals surface area (Å²) < 4.78 is 17.2. The first kappa shape index (κ1) is 16.3. The van der Waals surface area contributed by atoms with Crippen molar-refractivity contribution in [1.82, 2.24) is 0 Å². The minimum absolute atomic E-state index is 0. The molecule has 2 radical (unpaired) electrons. The van der Waals surface area contributed by atoms with Crippen LogP contribution in [0.2, 0.25) is 0 Å². The summed E-state index contributed by atoms with van der Waals surface area (Å²) in [5.41, 5.74) is 0. The van der Waals surface area contributed by atoms with E-state index >= 15 is 0 Å². The topological polar surface area (TPSA) is 94.8 Å². The van der Waals surface area contributed by atoms with E-state index in [0.717, 1.165) is 0 Å². The second-order valence-corrected chi connectivity index (χ2v) is 1.54. The molecule has 0 saturated carbocycles. The molecular formula is H6BiO5PSn. The molecular weight excluding hydrogens is 439 g/mol. The molecule has 3 N–H and O–H groups in total. The van der Waals surface area contributed by atoms with Gasteiger partial charge in [-0.15, -0.1) is 0 Å². The van der Waals surface area contributed by atoms with Gasteiger partial charge in [-0.25, -0.2) is 4.57 Å². The zero-order valence-electron chi connectivity index (χ0n) is 3.81. The van der Waals surface area contributed by atoms with Crippen molar-refractivity contribution < 1.29 is 22.3 Å². The molecule has 0 spiro atoms. The first-order valence-corrected chi connectivity index (χ1v) is 3.72. The Labute approximate surface area is 78.3 Å². The summed E-state index contributed by atoms with van der Waals surface area (Å²) in [6.45, 7) is 0. The Hall–Kier alpha value is 1.59. The van der Waals surface area contributed by atoms with Crippen LogP contribution in [-0.4, -0.2) is 63.4 Å². The zero-order valence-corrected chi connectivity index (χ0v) is 13.1. The molecule has 8 heavy (non-hydrogen) atoms. The van der Waals surface area contributed by atoms with E-state index < -0.39 is 7.82 Å². The van der Waals surface area contributed by atoms with E-state index in [0.29, 0.717) is 22.5 Å². The molecule has 0 aromatic carbocycles. The summed E-state index contributed by atoms with van der Waals surface area (Å²) in [6, 6.07) is 0. The molecule has 0 saturated heterocycles. The van der Waals surface area contributed by atoms with Crippen LogP contribution >= 0.6 is 7.82 Å². The van der Waals surface area contributed by atoms with E-state index in [9.17, 15) is 0 Å². The van der Waals surface area contributed by atoms with Crippen molar-refractivity contribution in [3.05, 3.63) is 0 Å². The van der Waals surface area contributed by atoms with Crippen LogP contribution in [0, 0.1) is 0 Å². The number of phosphoric acid groups is 1. The van der Waals surface area contributed by atoms with Crippen molar-refractivity contribution in [2.45, 2.75) is 0 Å². The maximum absolute atomic E-state index is 8.88. The van der Waals surface area contributed by atoms with E-state index in [1.54, 1.807) is 0 Å². The third kappa shape index (κ3) is 130. The van der Waals surface area contributed by atoms with Crippen molar-refractivity contribution in [1.29, 1.82) is 0 Å². The molecule has 0 rings (SSSR count). The second-order valence-electron chi connectivity index (χ2n) is 0.513. The average molecular weight is 445 g/mol. The van der Waals surface area contributed by atoms with Crippen LogP contribution in [0.25, 0.3) is 0 Å². The summed E-state index contributed by atoms with van der Waals surface area (Å²) in [7, 11) is -4.64. The summed E-state index contributed by atoms with van der Waals surface area (Å²) >= 11 is 0.300. The predicted octanol–water partition coefficient (Wildman–Crippen LogP) is -2.61. The zero-order chi connectivity index (χ0) is 6.50. The van der Waals surface area contributed by atoms with Crippen molar-refractivity contribution in [2.24, 2.45) is 0 Å². The summed E-state index contributed by atoms with van der Waals surface area (Å²) in [4.78, 5) is 21.6. The minimum atomic E-state index is -4.64. The Bertz CT molecular complexity index is 68.2. The van der Waals surface area contributed by atoms with Crippen LogP contribution in [0.5, 0.6) is 0 Å². The van der Waals surface area contributed by atoms with E-state index in [1.807, 2.05) is 0 Å². The molecule has 0 amide bonds. The van der Waals surface area contributed by atoms with Crippen LogP contribution in [0.4, 0.5) is 0 Å². The Morgan fingerprint density at radius 2 is 1.12 bits per heavy atom. The molecule has 50 valence electrons. The second kappa shape index (κ2) is 8.59. The van der Waals surface area contributed by atoms with Crippen LogP contribution in [-0.2, 0) is 7.64 Å². The molecule has 0 aromatic heterocycles. The molecule has 0 atom stereocenters. The van der Waals surface area contributed by atoms with Gasteiger partial charge in [0.15, 0.2) is 0 Å². The van der Waals surface area contributed by atoms with Gasteiger partial charge in [0, 0.05) is 0 Å². The van der Waals surface area contributed by atoms with E-state index in [-0.39, 0.29) is 26.2 Å². The molecule has 0 aromatic rings. The third-order valence-electron chi connectivity index (χ3n) is 0. The Morgan fingerprint density at radius 1 is 1.12 bits per heavy atom. The molecule has 0 heterocycles. The fourth-order valence-corrected chi connectivity index (χ4v) is 0. The Balaban J connectivity index is -0.0000000750. The predicted molar refractivity (Wildman–Crippen MR) is 30.6 cm³/mol. The van der Waals surface area contributed by atoms with E-state index in [4.69, 9.17) is 22.3 Å². The fraction of sp³-hybridized carbons (Fsp3) is 0. The molecule has 8 heteroatoms. The summed E-state index contributed by atoms with van der Waals surface area (Å²) in [6.07, 6.45) is 0. The van der Waals surface area contributed by atoms with Gasteiger partial charge in [-0.2, -0.15) is 0 Å². The van der Waals surface area contributed by atoms with Crippen LogP contribution in [0.3, 0.4) is 0 Å². The van der Waals surface area contributed by atoms with Gasteiger partial charge in [0.2, 0.25) is 0 Å². The molecule has 0 aliphatic rings. The standard InChI is InChI=1S/Bi.H3O4P.O.Sn.3H/c;1-5(2,3)4;;;;;/h;(H3,1,2,3,4);;;;;. The van der Waals surface area contributed by atoms with Crippen molar-refractivity contribution in [3.8, 4) is 0 Å². The number of rotatable bonds is 0. The Morgan fingerprint density at radius 3 is 1.12 bits per heavy atom. The van der Waals surface area contributed by atoms with E-state index in [1.165, 1.54) is 0 Å². The van der Waals surface area contributed by atoms with Gasteiger partial charge in [0.05, 0.1) is 0 Å².